The molecule has 1 saturated carbocycles. The number of aryl methyl sites for hydroxylation is 1. The van der Waals surface area contributed by atoms with Crippen molar-refractivity contribution in [1.82, 2.24) is 39.2 Å². The molecule has 1 aromatic carbocycles. The van der Waals surface area contributed by atoms with E-state index in [4.69, 9.17) is 0 Å². The van der Waals surface area contributed by atoms with Crippen LogP contribution in [0.1, 0.15) is 98.7 Å². The van der Waals surface area contributed by atoms with Crippen molar-refractivity contribution < 1.29 is 14.4 Å². The minimum absolute atomic E-state index is 0.0996. The molecule has 8 rings (SSSR count). The molecule has 0 radical (unpaired) electrons. The summed E-state index contributed by atoms with van der Waals surface area (Å²) >= 11 is 0. The summed E-state index contributed by atoms with van der Waals surface area (Å²) in [5.41, 5.74) is 4.94. The van der Waals surface area contributed by atoms with Crippen LogP contribution in [0.15, 0.2) is 59.8 Å². The number of amides is 3. The van der Waals surface area contributed by atoms with Crippen molar-refractivity contribution in [3.05, 3.63) is 82.2 Å². The number of benzene rings is 1. The number of piperidine rings is 2. The van der Waals surface area contributed by atoms with Crippen LogP contribution >= 0.6 is 0 Å². The molecule has 2 aliphatic heterocycles. The fourth-order valence-electron chi connectivity index (χ4n) is 9.03. The number of hydrogen-bond acceptors (Lipinski definition) is 9. The van der Waals surface area contributed by atoms with Gasteiger partial charge in [0.2, 0.25) is 11.8 Å². The average molecular weight is 757 g/mol. The molecular weight excluding hydrogens is 709 g/mol. The molecule has 5 aromatic rings. The molecular formula is C42H48N10O4. The van der Waals surface area contributed by atoms with Gasteiger partial charge in [0.25, 0.3) is 5.91 Å². The summed E-state index contributed by atoms with van der Waals surface area (Å²) < 4.78 is 5.10. The van der Waals surface area contributed by atoms with E-state index in [0.29, 0.717) is 46.5 Å². The molecule has 1 aliphatic carbocycles. The minimum atomic E-state index is -0.691. The van der Waals surface area contributed by atoms with Gasteiger partial charge in [-0.15, -0.1) is 0 Å². The number of anilines is 1. The molecule has 56 heavy (non-hydrogen) atoms. The van der Waals surface area contributed by atoms with Crippen molar-refractivity contribution >= 4 is 45.5 Å². The van der Waals surface area contributed by atoms with Crippen LogP contribution in [0, 0.1) is 17.2 Å². The SMILES string of the molecule is CC(C)Nc1cc(-n2ccc3cc(C#N)cnc32)ncc1C(=O)NC1CCC(CN2CCC(c3cccc4c3n(C)c(=O)n4C3CCC(=O)NC3=O)CC2)CC1. The number of para-hydroxylation sites is 1. The zero-order valence-corrected chi connectivity index (χ0v) is 32.1. The van der Waals surface area contributed by atoms with Gasteiger partial charge in [0.15, 0.2) is 0 Å². The van der Waals surface area contributed by atoms with E-state index in [2.05, 4.69) is 43.0 Å². The minimum Gasteiger partial charge on any atom is -0.382 e. The zero-order chi connectivity index (χ0) is 39.1. The van der Waals surface area contributed by atoms with Gasteiger partial charge in [0.05, 0.1) is 27.8 Å². The Bertz CT molecular complexity index is 2420. The van der Waals surface area contributed by atoms with Gasteiger partial charge in [-0.25, -0.2) is 14.8 Å². The lowest BCUT2D eigenvalue weighted by Gasteiger charge is -2.37. The fraction of sp³-hybridized carbons (Fsp3) is 0.452. The summed E-state index contributed by atoms with van der Waals surface area (Å²) in [4.78, 5) is 63.3. The summed E-state index contributed by atoms with van der Waals surface area (Å²) in [6.45, 7) is 7.06. The molecule has 1 atom stereocenters. The number of imidazole rings is 1. The molecule has 0 spiro atoms. The molecule has 3 fully saturated rings. The molecule has 0 bridgehead atoms. The first-order chi connectivity index (χ1) is 27.1. The second kappa shape index (κ2) is 15.4. The van der Waals surface area contributed by atoms with E-state index in [1.807, 2.05) is 48.9 Å². The molecule has 14 heteroatoms. The Morgan fingerprint density at radius 3 is 2.52 bits per heavy atom. The van der Waals surface area contributed by atoms with Gasteiger partial charge >= 0.3 is 5.69 Å². The van der Waals surface area contributed by atoms with Crippen molar-refractivity contribution in [2.45, 2.75) is 89.3 Å². The lowest BCUT2D eigenvalue weighted by molar-refractivity contribution is -0.135. The largest absolute Gasteiger partial charge is 0.382 e. The highest BCUT2D eigenvalue weighted by Crippen LogP contribution is 2.35. The summed E-state index contributed by atoms with van der Waals surface area (Å²) in [6, 6.07) is 13.2. The number of aromatic nitrogens is 5. The molecule has 14 nitrogen and oxygen atoms in total. The Kier molecular flexibility index (Phi) is 10.2. The normalized spacial score (nSPS) is 21.0. The Hall–Kier alpha value is -5.81. The van der Waals surface area contributed by atoms with Crippen LogP contribution in [0.25, 0.3) is 27.9 Å². The molecule has 290 valence electrons. The van der Waals surface area contributed by atoms with E-state index in [1.165, 1.54) is 0 Å². The number of pyridine rings is 2. The highest BCUT2D eigenvalue weighted by molar-refractivity contribution is 6.00. The maximum absolute atomic E-state index is 13.7. The Balaban J connectivity index is 0.866. The second-order valence-corrected chi connectivity index (χ2v) is 16.0. The summed E-state index contributed by atoms with van der Waals surface area (Å²) in [5, 5.41) is 19.2. The number of nitrogens with one attached hydrogen (secondary N) is 3. The number of imide groups is 1. The first kappa shape index (κ1) is 37.1. The topological polar surface area (TPSA) is 172 Å². The summed E-state index contributed by atoms with van der Waals surface area (Å²) in [7, 11) is 1.77. The molecule has 1 unspecified atom stereocenters. The Labute approximate surface area is 324 Å². The predicted molar refractivity (Wildman–Crippen MR) is 213 cm³/mol. The first-order valence-electron chi connectivity index (χ1n) is 19.8. The number of hydrogen-bond donors (Lipinski definition) is 3. The predicted octanol–water partition coefficient (Wildman–Crippen LogP) is 4.91. The first-order valence-corrected chi connectivity index (χ1v) is 19.8. The maximum atomic E-state index is 13.7. The molecule has 3 aliphatic rings. The van der Waals surface area contributed by atoms with E-state index in [0.717, 1.165) is 80.1 Å². The number of carbonyl (C=O) groups is 3. The highest BCUT2D eigenvalue weighted by Gasteiger charge is 2.33. The van der Waals surface area contributed by atoms with Crippen LogP contribution in [-0.2, 0) is 16.6 Å². The number of nitrogens with zero attached hydrogens (tertiary/aromatic N) is 7. The number of nitriles is 1. The van der Waals surface area contributed by atoms with Crippen LogP contribution in [-0.4, -0.2) is 78.0 Å². The monoisotopic (exact) mass is 756 g/mol. The standard InChI is InChI=1S/C42H48N10O4/c1-25(2)46-33-20-36(51-18-15-29-19-27(21-43)22-45-39(29)51)44-23-32(33)40(54)47-30-9-7-26(8-10-30)24-50-16-13-28(14-17-50)31-5-4-6-34-38(31)49(3)42(56)52(34)35-11-12-37(53)48-41(35)55/h4-6,15,18-20,22-23,25-26,28,30,35H,7-14,16-17,24H2,1-3H3,(H,44,46)(H,47,54)(H,48,53,55). The lowest BCUT2D eigenvalue weighted by Crippen LogP contribution is -2.44. The van der Waals surface area contributed by atoms with Gasteiger partial charge in [-0.1, -0.05) is 12.1 Å². The molecule has 6 heterocycles. The molecule has 4 aromatic heterocycles. The van der Waals surface area contributed by atoms with E-state index in [-0.39, 0.29) is 36.0 Å². The lowest BCUT2D eigenvalue weighted by atomic mass is 9.84. The number of carbonyl (C=O) groups excluding carboxylic acids is 3. The molecule has 2 saturated heterocycles. The van der Waals surface area contributed by atoms with Gasteiger partial charge < -0.3 is 15.5 Å². The molecule has 3 amide bonds. The number of fused-ring (bicyclic) bond motifs is 2. The van der Waals surface area contributed by atoms with E-state index >= 15 is 0 Å². The maximum Gasteiger partial charge on any atom is 0.329 e. The average Bonchev–Trinajstić information content (AvgIpc) is 3.73. The van der Waals surface area contributed by atoms with Gasteiger partial charge in [-0.2, -0.15) is 5.26 Å². The zero-order valence-electron chi connectivity index (χ0n) is 32.1. The fourth-order valence-corrected chi connectivity index (χ4v) is 9.03. The quantitative estimate of drug-likeness (QED) is 0.177. The van der Waals surface area contributed by atoms with Crippen LogP contribution < -0.4 is 21.6 Å². The van der Waals surface area contributed by atoms with Crippen molar-refractivity contribution in [3.8, 4) is 11.9 Å². The van der Waals surface area contributed by atoms with E-state index in [1.54, 1.807) is 34.6 Å². The van der Waals surface area contributed by atoms with Crippen molar-refractivity contribution in [3.63, 3.8) is 0 Å². The van der Waals surface area contributed by atoms with Gasteiger partial charge in [0, 0.05) is 62.1 Å². The Morgan fingerprint density at radius 1 is 1.00 bits per heavy atom. The summed E-state index contributed by atoms with van der Waals surface area (Å²) in [6.07, 6.45) is 11.5. The van der Waals surface area contributed by atoms with Crippen LogP contribution in [0.2, 0.25) is 0 Å². The van der Waals surface area contributed by atoms with E-state index < -0.39 is 11.9 Å². The third-order valence-corrected chi connectivity index (χ3v) is 11.9. The van der Waals surface area contributed by atoms with Gasteiger partial charge in [-0.05, 0) is 107 Å². The van der Waals surface area contributed by atoms with E-state index in [9.17, 15) is 24.4 Å². The Morgan fingerprint density at radius 2 is 1.79 bits per heavy atom. The van der Waals surface area contributed by atoms with Crippen LogP contribution in [0.4, 0.5) is 5.69 Å². The molecule has 3 N–H and O–H groups in total. The van der Waals surface area contributed by atoms with Crippen LogP contribution in [0.5, 0.6) is 0 Å². The van der Waals surface area contributed by atoms with Crippen molar-refractivity contribution in [2.75, 3.05) is 25.0 Å². The van der Waals surface area contributed by atoms with Crippen molar-refractivity contribution in [1.29, 1.82) is 5.26 Å². The van der Waals surface area contributed by atoms with Gasteiger partial charge in [0.1, 0.15) is 23.6 Å². The number of likely N-dealkylation sites (tertiary alicyclic amines) is 1. The smallest absolute Gasteiger partial charge is 0.329 e. The second-order valence-electron chi connectivity index (χ2n) is 16.0. The van der Waals surface area contributed by atoms with Crippen LogP contribution in [0.3, 0.4) is 0 Å². The number of rotatable bonds is 9. The summed E-state index contributed by atoms with van der Waals surface area (Å²) in [5.74, 6) is 0.662. The highest BCUT2D eigenvalue weighted by atomic mass is 16.2. The third-order valence-electron chi connectivity index (χ3n) is 11.9. The third kappa shape index (κ3) is 7.19. The van der Waals surface area contributed by atoms with Crippen molar-refractivity contribution in [2.24, 2.45) is 13.0 Å². The van der Waals surface area contributed by atoms with Gasteiger partial charge in [-0.3, -0.25) is 33.4 Å².